The van der Waals surface area contributed by atoms with Gasteiger partial charge in [-0.05, 0) is 36.4 Å². The molecular weight excluding hydrogens is 262 g/mol. The van der Waals surface area contributed by atoms with Gasteiger partial charge in [0.2, 0.25) is 0 Å². The smallest absolute Gasteiger partial charge is 0.137 e. The van der Waals surface area contributed by atoms with Crippen molar-refractivity contribution in [1.82, 2.24) is 9.38 Å². The molecule has 0 bridgehead atoms. The van der Waals surface area contributed by atoms with E-state index in [1.165, 1.54) is 0 Å². The highest BCUT2D eigenvalue weighted by molar-refractivity contribution is 6.30. The molecule has 0 aliphatic rings. The van der Waals surface area contributed by atoms with Gasteiger partial charge < -0.3 is 14.9 Å². The summed E-state index contributed by atoms with van der Waals surface area (Å²) < 4.78 is 7.52. The molecule has 3 rings (SSSR count). The normalized spacial score (nSPS) is 10.8. The first-order valence-electron chi connectivity index (χ1n) is 5.82. The molecule has 0 saturated carbocycles. The van der Waals surface area contributed by atoms with Gasteiger partial charge in [-0.3, -0.25) is 0 Å². The number of hydrogen-bond acceptors (Lipinski definition) is 3. The summed E-state index contributed by atoms with van der Waals surface area (Å²) in [5.74, 6) is 0.768. The van der Waals surface area contributed by atoms with Crippen LogP contribution in [0.25, 0.3) is 5.65 Å². The van der Waals surface area contributed by atoms with E-state index in [-0.39, 0.29) is 0 Å². The van der Waals surface area contributed by atoms with E-state index >= 15 is 0 Å². The number of benzene rings is 1. The van der Waals surface area contributed by atoms with E-state index < -0.39 is 0 Å². The molecule has 96 valence electrons. The Hall–Kier alpha value is -2.20. The van der Waals surface area contributed by atoms with E-state index in [4.69, 9.17) is 22.1 Å². The second kappa shape index (κ2) is 4.82. The molecule has 1 aromatic carbocycles. The molecule has 2 aromatic heterocycles. The number of pyridine rings is 1. The zero-order chi connectivity index (χ0) is 13.2. The Bertz CT molecular complexity index is 706. The number of halogens is 1. The van der Waals surface area contributed by atoms with Crippen molar-refractivity contribution in [3.63, 3.8) is 0 Å². The molecule has 0 aliphatic carbocycles. The number of rotatable bonds is 3. The van der Waals surface area contributed by atoms with Crippen LogP contribution in [0.2, 0.25) is 5.02 Å². The Morgan fingerprint density at radius 3 is 2.68 bits per heavy atom. The number of aromatic nitrogens is 2. The van der Waals surface area contributed by atoms with Gasteiger partial charge in [0, 0.05) is 18.1 Å². The minimum Gasteiger partial charge on any atom is -0.487 e. The Morgan fingerprint density at radius 2 is 1.89 bits per heavy atom. The molecule has 4 nitrogen and oxygen atoms in total. The first kappa shape index (κ1) is 11.9. The standard InChI is InChI=1S/C14H12ClN3O/c15-10-1-6-14-17-12(8-18(14)7-10)9-19-13-4-2-11(16)3-5-13/h1-8H,9,16H2. The summed E-state index contributed by atoms with van der Waals surface area (Å²) in [5, 5.41) is 0.677. The molecule has 3 aromatic rings. The van der Waals surface area contributed by atoms with E-state index in [1.807, 2.05) is 41.1 Å². The second-order valence-corrected chi connectivity index (χ2v) is 4.64. The van der Waals surface area contributed by atoms with E-state index in [9.17, 15) is 0 Å². The Morgan fingerprint density at radius 1 is 1.11 bits per heavy atom. The lowest BCUT2D eigenvalue weighted by Crippen LogP contribution is -1.95. The lowest BCUT2D eigenvalue weighted by molar-refractivity contribution is 0.302. The highest BCUT2D eigenvalue weighted by Gasteiger charge is 2.03. The van der Waals surface area contributed by atoms with Gasteiger partial charge in [0.25, 0.3) is 0 Å². The van der Waals surface area contributed by atoms with Crippen LogP contribution in [0.15, 0.2) is 48.8 Å². The van der Waals surface area contributed by atoms with Gasteiger partial charge >= 0.3 is 0 Å². The highest BCUT2D eigenvalue weighted by atomic mass is 35.5. The van der Waals surface area contributed by atoms with Crippen LogP contribution in [-0.4, -0.2) is 9.38 Å². The van der Waals surface area contributed by atoms with Crippen LogP contribution >= 0.6 is 11.6 Å². The molecule has 19 heavy (non-hydrogen) atoms. The Kier molecular flexibility index (Phi) is 3.01. The van der Waals surface area contributed by atoms with E-state index in [0.717, 1.165) is 22.8 Å². The average molecular weight is 274 g/mol. The average Bonchev–Trinajstić information content (AvgIpc) is 2.80. The molecule has 0 fully saturated rings. The van der Waals surface area contributed by atoms with Crippen LogP contribution < -0.4 is 10.5 Å². The van der Waals surface area contributed by atoms with Gasteiger partial charge in [-0.2, -0.15) is 0 Å². The summed E-state index contributed by atoms with van der Waals surface area (Å²) in [5.41, 5.74) is 8.03. The molecule has 0 unspecified atom stereocenters. The van der Waals surface area contributed by atoms with Crippen LogP contribution in [0, 0.1) is 0 Å². The molecule has 0 amide bonds. The fraction of sp³-hybridized carbons (Fsp3) is 0.0714. The predicted octanol–water partition coefficient (Wildman–Crippen LogP) is 3.15. The summed E-state index contributed by atoms with van der Waals surface area (Å²) >= 11 is 5.92. The van der Waals surface area contributed by atoms with Crippen LogP contribution in [0.4, 0.5) is 5.69 Å². The number of imidazole rings is 1. The molecule has 2 N–H and O–H groups in total. The van der Waals surface area contributed by atoms with Gasteiger partial charge in [0.1, 0.15) is 18.0 Å². The third-order valence-electron chi connectivity index (χ3n) is 2.73. The number of hydrogen-bond donors (Lipinski definition) is 1. The van der Waals surface area contributed by atoms with E-state index in [2.05, 4.69) is 4.98 Å². The van der Waals surface area contributed by atoms with Crippen molar-refractivity contribution >= 4 is 22.9 Å². The fourth-order valence-corrected chi connectivity index (χ4v) is 1.98. The van der Waals surface area contributed by atoms with Gasteiger partial charge in [0.15, 0.2) is 0 Å². The van der Waals surface area contributed by atoms with Crippen LogP contribution in [0.5, 0.6) is 5.75 Å². The molecular formula is C14H12ClN3O. The number of fused-ring (bicyclic) bond motifs is 1. The molecule has 0 spiro atoms. The Labute approximate surface area is 115 Å². The van der Waals surface area contributed by atoms with Crippen molar-refractivity contribution in [3.8, 4) is 5.75 Å². The number of nitrogen functional groups attached to an aromatic ring is 1. The lowest BCUT2D eigenvalue weighted by Gasteiger charge is -2.03. The number of ether oxygens (including phenoxy) is 1. The summed E-state index contributed by atoms with van der Waals surface area (Å²) in [6, 6.07) is 11.0. The molecule has 0 aliphatic heterocycles. The van der Waals surface area contributed by atoms with Crippen LogP contribution in [-0.2, 0) is 6.61 Å². The van der Waals surface area contributed by atoms with Crippen molar-refractivity contribution in [1.29, 1.82) is 0 Å². The van der Waals surface area contributed by atoms with Crippen molar-refractivity contribution in [3.05, 3.63) is 59.5 Å². The summed E-state index contributed by atoms with van der Waals surface area (Å²) in [7, 11) is 0. The summed E-state index contributed by atoms with van der Waals surface area (Å²) in [6.45, 7) is 0.406. The maximum absolute atomic E-state index is 5.92. The zero-order valence-electron chi connectivity index (χ0n) is 10.1. The van der Waals surface area contributed by atoms with Crippen molar-refractivity contribution in [2.75, 3.05) is 5.73 Å². The van der Waals surface area contributed by atoms with Crippen LogP contribution in [0.3, 0.4) is 0 Å². The first-order valence-corrected chi connectivity index (χ1v) is 6.20. The maximum Gasteiger partial charge on any atom is 0.137 e. The summed E-state index contributed by atoms with van der Waals surface area (Å²) in [4.78, 5) is 4.44. The zero-order valence-corrected chi connectivity index (χ0v) is 10.8. The SMILES string of the molecule is Nc1ccc(OCc2cn3cc(Cl)ccc3n2)cc1. The fourth-order valence-electron chi connectivity index (χ4n) is 1.81. The van der Waals surface area contributed by atoms with Gasteiger partial charge in [-0.25, -0.2) is 4.98 Å². The van der Waals surface area contributed by atoms with Crippen molar-refractivity contribution < 1.29 is 4.74 Å². The first-order chi connectivity index (χ1) is 9.20. The van der Waals surface area contributed by atoms with Crippen molar-refractivity contribution in [2.24, 2.45) is 0 Å². The highest BCUT2D eigenvalue weighted by Crippen LogP contribution is 2.16. The summed E-state index contributed by atoms with van der Waals surface area (Å²) in [6.07, 6.45) is 3.72. The second-order valence-electron chi connectivity index (χ2n) is 4.20. The van der Waals surface area contributed by atoms with Gasteiger partial charge in [-0.15, -0.1) is 0 Å². The molecule has 0 atom stereocenters. The maximum atomic E-state index is 5.92. The number of anilines is 1. The minimum absolute atomic E-state index is 0.406. The topological polar surface area (TPSA) is 52.5 Å². The molecule has 2 heterocycles. The van der Waals surface area contributed by atoms with Gasteiger partial charge in [0.05, 0.1) is 10.7 Å². The minimum atomic E-state index is 0.406. The molecule has 0 radical (unpaired) electrons. The van der Waals surface area contributed by atoms with Crippen molar-refractivity contribution in [2.45, 2.75) is 6.61 Å². The third kappa shape index (κ3) is 2.63. The van der Waals surface area contributed by atoms with E-state index in [1.54, 1.807) is 12.1 Å². The van der Waals surface area contributed by atoms with E-state index in [0.29, 0.717) is 11.6 Å². The van der Waals surface area contributed by atoms with Crippen LogP contribution in [0.1, 0.15) is 5.69 Å². The van der Waals surface area contributed by atoms with Gasteiger partial charge in [-0.1, -0.05) is 11.6 Å². The number of nitrogens with two attached hydrogens (primary N) is 1. The largest absolute Gasteiger partial charge is 0.487 e. The third-order valence-corrected chi connectivity index (χ3v) is 2.96. The predicted molar refractivity (Wildman–Crippen MR) is 75.4 cm³/mol. The molecule has 0 saturated heterocycles. The number of nitrogens with zero attached hydrogens (tertiary/aromatic N) is 2. The monoisotopic (exact) mass is 273 g/mol. The lowest BCUT2D eigenvalue weighted by atomic mass is 10.3. The Balaban J connectivity index is 1.76. The quantitative estimate of drug-likeness (QED) is 0.746. The molecule has 5 heteroatoms.